The third-order valence-electron chi connectivity index (χ3n) is 4.53. The molecule has 0 aliphatic heterocycles. The number of halogens is 4. The second-order valence-electron chi connectivity index (χ2n) is 7.30. The van der Waals surface area contributed by atoms with E-state index in [1.165, 1.54) is 6.26 Å². The van der Waals surface area contributed by atoms with Crippen molar-refractivity contribution in [3.05, 3.63) is 62.7 Å². The Morgan fingerprint density at radius 2 is 1.88 bits per heavy atom. The number of alkyl halides is 3. The van der Waals surface area contributed by atoms with E-state index in [4.69, 9.17) is 16.3 Å². The van der Waals surface area contributed by atoms with Crippen LogP contribution >= 0.6 is 11.6 Å². The Balaban J connectivity index is 2.35. The molecule has 0 spiro atoms. The lowest BCUT2D eigenvalue weighted by Gasteiger charge is -2.12. The zero-order valence-electron chi connectivity index (χ0n) is 17.9. The summed E-state index contributed by atoms with van der Waals surface area (Å²) in [4.78, 5) is 23.2. The first-order chi connectivity index (χ1) is 15.3. The van der Waals surface area contributed by atoms with Gasteiger partial charge in [-0.3, -0.25) is 14.9 Å². The number of unbranched alkanes of at least 4 members (excludes halogenated alkanes) is 3. The normalized spacial score (nSPS) is 13.3. The molecular formula is C21H22ClF3N2O5S. The minimum Gasteiger partial charge on any atom is -0.456 e. The number of ether oxygens (including phenoxy) is 1. The van der Waals surface area contributed by atoms with Crippen molar-refractivity contribution >= 4 is 32.9 Å². The molecule has 2 rings (SSSR count). The van der Waals surface area contributed by atoms with Crippen LogP contribution in [0.4, 0.5) is 18.9 Å². The average Bonchev–Trinajstić information content (AvgIpc) is 2.71. The lowest BCUT2D eigenvalue weighted by Crippen LogP contribution is -2.09. The van der Waals surface area contributed by atoms with Crippen LogP contribution < -0.4 is 4.74 Å². The first-order valence-electron chi connectivity index (χ1n) is 9.91. The molecule has 1 atom stereocenters. The molecule has 7 nitrogen and oxygen atoms in total. The van der Waals surface area contributed by atoms with Crippen LogP contribution in [0.5, 0.6) is 11.5 Å². The van der Waals surface area contributed by atoms with E-state index in [0.29, 0.717) is 12.5 Å². The molecule has 0 radical (unpaired) electrons. The molecule has 0 fully saturated rings. The molecule has 0 saturated heterocycles. The number of hydrogen-bond acceptors (Lipinski definition) is 5. The first kappa shape index (κ1) is 26.6. The van der Waals surface area contributed by atoms with Gasteiger partial charge in [-0.15, -0.1) is 0 Å². The lowest BCUT2D eigenvalue weighted by molar-refractivity contribution is -0.385. The second kappa shape index (κ2) is 11.0. The van der Waals surface area contributed by atoms with Crippen LogP contribution in [0, 0.1) is 10.1 Å². The van der Waals surface area contributed by atoms with Gasteiger partial charge in [-0.2, -0.15) is 17.5 Å². The second-order valence-corrected chi connectivity index (χ2v) is 10.2. The number of amides is 1. The summed E-state index contributed by atoms with van der Waals surface area (Å²) >= 11 is 5.87. The molecule has 1 unspecified atom stereocenters. The molecule has 33 heavy (non-hydrogen) atoms. The largest absolute Gasteiger partial charge is 0.456 e. The van der Waals surface area contributed by atoms with E-state index in [0.717, 1.165) is 49.6 Å². The summed E-state index contributed by atoms with van der Waals surface area (Å²) in [5.74, 6) is -1.12. The van der Waals surface area contributed by atoms with Gasteiger partial charge in [0.15, 0.2) is 0 Å². The van der Waals surface area contributed by atoms with E-state index in [1.807, 2.05) is 6.92 Å². The number of carbonyl (C=O) groups excluding carboxylic acids is 1. The summed E-state index contributed by atoms with van der Waals surface area (Å²) in [5.41, 5.74) is -2.01. The maximum absolute atomic E-state index is 12.8. The zero-order chi connectivity index (χ0) is 24.8. The van der Waals surface area contributed by atoms with Gasteiger partial charge in [0.05, 0.1) is 25.2 Å². The van der Waals surface area contributed by atoms with Gasteiger partial charge in [0.25, 0.3) is 11.6 Å². The number of nitro benzene ring substituents is 1. The molecule has 0 saturated carbocycles. The maximum atomic E-state index is 12.8. The highest BCUT2D eigenvalue weighted by atomic mass is 35.5. The van der Waals surface area contributed by atoms with Gasteiger partial charge in [-0.25, -0.2) is 4.21 Å². The third kappa shape index (κ3) is 7.71. The van der Waals surface area contributed by atoms with Crippen molar-refractivity contribution < 1.29 is 31.8 Å². The van der Waals surface area contributed by atoms with E-state index >= 15 is 0 Å². The van der Waals surface area contributed by atoms with Gasteiger partial charge < -0.3 is 4.74 Å². The minimum absolute atomic E-state index is 0.0913. The van der Waals surface area contributed by atoms with Gasteiger partial charge in [0, 0.05) is 24.1 Å². The van der Waals surface area contributed by atoms with Crippen LogP contribution in [-0.2, 0) is 15.9 Å². The average molecular weight is 507 g/mol. The van der Waals surface area contributed by atoms with Gasteiger partial charge >= 0.3 is 6.18 Å². The molecular weight excluding hydrogens is 485 g/mol. The van der Waals surface area contributed by atoms with Gasteiger partial charge in [0.2, 0.25) is 0 Å². The fourth-order valence-electron chi connectivity index (χ4n) is 2.86. The number of carbonyl (C=O) groups is 1. The number of hydrogen-bond donors (Lipinski definition) is 0. The Kier molecular flexibility index (Phi) is 8.84. The van der Waals surface area contributed by atoms with E-state index < -0.39 is 43.6 Å². The topological polar surface area (TPSA) is 98.9 Å². The summed E-state index contributed by atoms with van der Waals surface area (Å²) < 4.78 is 60.2. The van der Waals surface area contributed by atoms with E-state index in [9.17, 15) is 32.3 Å². The molecule has 0 aromatic heterocycles. The lowest BCUT2D eigenvalue weighted by atomic mass is 10.1. The van der Waals surface area contributed by atoms with E-state index in [-0.39, 0.29) is 22.3 Å². The predicted molar refractivity (Wildman–Crippen MR) is 119 cm³/mol. The predicted octanol–water partition coefficient (Wildman–Crippen LogP) is 6.88. The highest BCUT2D eigenvalue weighted by molar-refractivity contribution is 7.93. The van der Waals surface area contributed by atoms with E-state index in [2.05, 4.69) is 4.36 Å². The Morgan fingerprint density at radius 3 is 2.45 bits per heavy atom. The van der Waals surface area contributed by atoms with Crippen LogP contribution in [0.3, 0.4) is 0 Å². The van der Waals surface area contributed by atoms with Crippen molar-refractivity contribution in [3.8, 4) is 11.5 Å². The van der Waals surface area contributed by atoms with Gasteiger partial charge in [-0.05, 0) is 30.7 Å². The maximum Gasteiger partial charge on any atom is 0.416 e. The standard InChI is InChI=1S/C21H22ClF3N2O5S/c1-3-4-5-6-11-33(2,31)26-20(28)16-13-15(8-9-18(16)27(29)30)32-19-10-7-14(12-17(19)22)21(23,24)25/h7-10,12-13H,3-6,11H2,1-2H3. The SMILES string of the molecule is CCCCCCS(C)(=O)=NC(=O)c1cc(Oc2ccc(C(F)(F)F)cc2Cl)ccc1[N+](=O)[O-]. The fraction of sp³-hybridized carbons (Fsp3) is 0.381. The van der Waals surface area contributed by atoms with Crippen LogP contribution in [0.1, 0.15) is 48.5 Å². The molecule has 1 amide bonds. The third-order valence-corrected chi connectivity index (χ3v) is 6.43. The number of benzene rings is 2. The van der Waals surface area contributed by atoms with Crippen LogP contribution in [0.2, 0.25) is 5.02 Å². The fourth-order valence-corrected chi connectivity index (χ4v) is 4.36. The number of nitro groups is 1. The Bertz CT molecular complexity index is 1160. The van der Waals surface area contributed by atoms with Gasteiger partial charge in [0.1, 0.15) is 17.1 Å². The summed E-state index contributed by atoms with van der Waals surface area (Å²) in [5, 5.41) is 11.0. The number of nitrogens with zero attached hydrogens (tertiary/aromatic N) is 2. The summed E-state index contributed by atoms with van der Waals surface area (Å²) in [6.07, 6.45) is 0.0508. The zero-order valence-corrected chi connectivity index (χ0v) is 19.4. The minimum atomic E-state index is -4.60. The molecule has 0 aliphatic carbocycles. The van der Waals surface area contributed by atoms with Crippen LogP contribution in [0.25, 0.3) is 0 Å². The Morgan fingerprint density at radius 1 is 1.18 bits per heavy atom. The first-order valence-corrected chi connectivity index (χ1v) is 12.4. The van der Waals surface area contributed by atoms with Crippen molar-refractivity contribution in [1.29, 1.82) is 0 Å². The number of rotatable bonds is 9. The molecule has 0 heterocycles. The molecule has 0 N–H and O–H groups in total. The van der Waals surface area contributed by atoms with Crippen molar-refractivity contribution in [2.75, 3.05) is 12.0 Å². The Labute approximate surface area is 194 Å². The quantitative estimate of drug-likeness (QED) is 0.210. The van der Waals surface area contributed by atoms with Gasteiger partial charge in [-0.1, -0.05) is 37.8 Å². The van der Waals surface area contributed by atoms with Crippen molar-refractivity contribution in [2.24, 2.45) is 4.36 Å². The van der Waals surface area contributed by atoms with Crippen molar-refractivity contribution in [1.82, 2.24) is 0 Å². The monoisotopic (exact) mass is 506 g/mol. The smallest absolute Gasteiger partial charge is 0.416 e. The molecule has 2 aromatic carbocycles. The molecule has 2 aromatic rings. The van der Waals surface area contributed by atoms with E-state index in [1.54, 1.807) is 0 Å². The van der Waals surface area contributed by atoms with Crippen molar-refractivity contribution in [3.63, 3.8) is 0 Å². The molecule has 0 bridgehead atoms. The molecule has 12 heteroatoms. The molecule has 0 aliphatic rings. The highest BCUT2D eigenvalue weighted by Crippen LogP contribution is 2.37. The van der Waals surface area contributed by atoms with Crippen molar-refractivity contribution in [2.45, 2.75) is 38.8 Å². The van der Waals surface area contributed by atoms with Crippen LogP contribution in [-0.4, -0.2) is 27.0 Å². The highest BCUT2D eigenvalue weighted by Gasteiger charge is 2.31. The molecule has 180 valence electrons. The Hall–Kier alpha value is -2.66. The van der Waals surface area contributed by atoms with Crippen LogP contribution in [0.15, 0.2) is 40.8 Å². The summed E-state index contributed by atoms with van der Waals surface area (Å²) in [6, 6.07) is 5.61. The summed E-state index contributed by atoms with van der Waals surface area (Å²) in [7, 11) is -2.91. The summed E-state index contributed by atoms with van der Waals surface area (Å²) in [6.45, 7) is 2.02.